The number of ether oxygens (including phenoxy) is 1. The standard InChI is InChI=1S/C13H19BrN2O/c1-10-8-16(9-13(10)15)6-7-17-12-4-2-11(14)3-5-12/h2-5,10,13H,6-9,15H2,1H3. The zero-order chi connectivity index (χ0) is 12.3. The Morgan fingerprint density at radius 3 is 2.65 bits per heavy atom. The van der Waals surface area contributed by atoms with Crippen molar-refractivity contribution in [1.29, 1.82) is 0 Å². The first-order valence-electron chi connectivity index (χ1n) is 6.01. The van der Waals surface area contributed by atoms with Crippen LogP contribution in [0.25, 0.3) is 0 Å². The van der Waals surface area contributed by atoms with Crippen molar-refractivity contribution >= 4 is 15.9 Å². The van der Waals surface area contributed by atoms with Crippen LogP contribution in [0, 0.1) is 5.92 Å². The van der Waals surface area contributed by atoms with E-state index < -0.39 is 0 Å². The van der Waals surface area contributed by atoms with Crippen molar-refractivity contribution in [3.8, 4) is 5.75 Å². The molecule has 4 heteroatoms. The number of halogens is 1. The van der Waals surface area contributed by atoms with E-state index in [2.05, 4.69) is 27.8 Å². The molecule has 0 radical (unpaired) electrons. The van der Waals surface area contributed by atoms with E-state index in [9.17, 15) is 0 Å². The Kier molecular flexibility index (Phi) is 4.42. The number of hydrogen-bond acceptors (Lipinski definition) is 3. The first kappa shape index (κ1) is 12.9. The van der Waals surface area contributed by atoms with Gasteiger partial charge in [-0.3, -0.25) is 4.90 Å². The van der Waals surface area contributed by atoms with Gasteiger partial charge in [0.25, 0.3) is 0 Å². The maximum atomic E-state index is 5.98. The van der Waals surface area contributed by atoms with E-state index in [-0.39, 0.29) is 0 Å². The Balaban J connectivity index is 1.71. The molecule has 2 unspecified atom stereocenters. The third kappa shape index (κ3) is 3.69. The molecule has 0 amide bonds. The summed E-state index contributed by atoms with van der Waals surface area (Å²) in [5.74, 6) is 1.52. The Labute approximate surface area is 111 Å². The molecule has 1 saturated heterocycles. The summed E-state index contributed by atoms with van der Waals surface area (Å²) in [6, 6.07) is 8.25. The van der Waals surface area contributed by atoms with E-state index in [0.29, 0.717) is 12.0 Å². The molecule has 3 nitrogen and oxygen atoms in total. The van der Waals surface area contributed by atoms with Gasteiger partial charge in [0.15, 0.2) is 0 Å². The van der Waals surface area contributed by atoms with Crippen LogP contribution >= 0.6 is 15.9 Å². The summed E-state index contributed by atoms with van der Waals surface area (Å²) in [5, 5.41) is 0. The Morgan fingerprint density at radius 1 is 1.35 bits per heavy atom. The van der Waals surface area contributed by atoms with E-state index in [4.69, 9.17) is 10.5 Å². The summed E-state index contributed by atoms with van der Waals surface area (Å²) < 4.78 is 6.76. The highest BCUT2D eigenvalue weighted by Gasteiger charge is 2.25. The first-order valence-corrected chi connectivity index (χ1v) is 6.81. The van der Waals surface area contributed by atoms with Crippen LogP contribution in [0.1, 0.15) is 6.92 Å². The lowest BCUT2D eigenvalue weighted by molar-refractivity contribution is 0.233. The number of nitrogens with two attached hydrogens (primary N) is 1. The summed E-state index contributed by atoms with van der Waals surface area (Å²) in [4.78, 5) is 2.37. The van der Waals surface area contributed by atoms with Crippen molar-refractivity contribution in [3.63, 3.8) is 0 Å². The van der Waals surface area contributed by atoms with Gasteiger partial charge in [-0.25, -0.2) is 0 Å². The van der Waals surface area contributed by atoms with Crippen molar-refractivity contribution in [2.24, 2.45) is 11.7 Å². The highest BCUT2D eigenvalue weighted by molar-refractivity contribution is 9.10. The molecular formula is C13H19BrN2O. The van der Waals surface area contributed by atoms with Crippen molar-refractivity contribution in [2.45, 2.75) is 13.0 Å². The van der Waals surface area contributed by atoms with Gasteiger partial charge in [0.2, 0.25) is 0 Å². The van der Waals surface area contributed by atoms with E-state index >= 15 is 0 Å². The number of nitrogens with zero attached hydrogens (tertiary/aromatic N) is 1. The van der Waals surface area contributed by atoms with E-state index in [1.165, 1.54) is 0 Å². The Bertz CT molecular complexity index is 345. The zero-order valence-electron chi connectivity index (χ0n) is 10.1. The minimum absolute atomic E-state index is 0.322. The molecular weight excluding hydrogens is 280 g/mol. The van der Waals surface area contributed by atoms with E-state index in [0.717, 1.165) is 36.5 Å². The monoisotopic (exact) mass is 298 g/mol. The van der Waals surface area contributed by atoms with Crippen molar-refractivity contribution in [2.75, 3.05) is 26.2 Å². The lowest BCUT2D eigenvalue weighted by Gasteiger charge is -2.15. The second-order valence-electron chi connectivity index (χ2n) is 4.70. The maximum Gasteiger partial charge on any atom is 0.119 e. The molecule has 1 aromatic carbocycles. The Morgan fingerprint density at radius 2 is 2.06 bits per heavy atom. The van der Waals surface area contributed by atoms with Crippen molar-refractivity contribution < 1.29 is 4.74 Å². The van der Waals surface area contributed by atoms with Gasteiger partial charge in [0.1, 0.15) is 12.4 Å². The molecule has 2 rings (SSSR count). The summed E-state index contributed by atoms with van der Waals surface area (Å²) >= 11 is 3.40. The average molecular weight is 299 g/mol. The third-order valence-corrected chi connectivity index (χ3v) is 3.76. The second kappa shape index (κ2) is 5.85. The van der Waals surface area contributed by atoms with Gasteiger partial charge >= 0.3 is 0 Å². The fourth-order valence-electron chi connectivity index (χ4n) is 2.10. The summed E-state index contributed by atoms with van der Waals surface area (Å²) in [5.41, 5.74) is 5.98. The van der Waals surface area contributed by atoms with Crippen LogP contribution in [0.4, 0.5) is 0 Å². The highest BCUT2D eigenvalue weighted by atomic mass is 79.9. The fourth-order valence-corrected chi connectivity index (χ4v) is 2.37. The van der Waals surface area contributed by atoms with Crippen LogP contribution < -0.4 is 10.5 Å². The predicted molar refractivity (Wildman–Crippen MR) is 73.2 cm³/mol. The number of hydrogen-bond donors (Lipinski definition) is 1. The van der Waals surface area contributed by atoms with Crippen LogP contribution in [0.3, 0.4) is 0 Å². The topological polar surface area (TPSA) is 38.5 Å². The first-order chi connectivity index (χ1) is 8.15. The van der Waals surface area contributed by atoms with Gasteiger partial charge in [-0.05, 0) is 30.2 Å². The molecule has 94 valence electrons. The maximum absolute atomic E-state index is 5.98. The molecule has 0 spiro atoms. The molecule has 1 heterocycles. The van der Waals surface area contributed by atoms with E-state index in [1.54, 1.807) is 0 Å². The van der Waals surface area contributed by atoms with Crippen molar-refractivity contribution in [1.82, 2.24) is 4.90 Å². The molecule has 0 aliphatic carbocycles. The van der Waals surface area contributed by atoms with Crippen LogP contribution in [-0.4, -0.2) is 37.2 Å². The number of rotatable bonds is 4. The fraction of sp³-hybridized carbons (Fsp3) is 0.538. The van der Waals surface area contributed by atoms with Crippen molar-refractivity contribution in [3.05, 3.63) is 28.7 Å². The predicted octanol–water partition coefficient (Wildman–Crippen LogP) is 2.11. The SMILES string of the molecule is CC1CN(CCOc2ccc(Br)cc2)CC1N. The van der Waals surface area contributed by atoms with Crippen LogP contribution in [0.15, 0.2) is 28.7 Å². The molecule has 2 atom stereocenters. The normalized spacial score (nSPS) is 25.1. The number of benzene rings is 1. The quantitative estimate of drug-likeness (QED) is 0.925. The molecule has 0 bridgehead atoms. The van der Waals surface area contributed by atoms with Gasteiger partial charge in [-0.15, -0.1) is 0 Å². The van der Waals surface area contributed by atoms with Gasteiger partial charge in [0, 0.05) is 30.1 Å². The second-order valence-corrected chi connectivity index (χ2v) is 5.62. The number of likely N-dealkylation sites (tertiary alicyclic amines) is 1. The molecule has 1 aromatic rings. The average Bonchev–Trinajstić information content (AvgIpc) is 2.61. The van der Waals surface area contributed by atoms with Crippen LogP contribution in [-0.2, 0) is 0 Å². The summed E-state index contributed by atoms with van der Waals surface area (Å²) in [6.07, 6.45) is 0. The molecule has 1 aliphatic heterocycles. The molecule has 1 aliphatic rings. The lowest BCUT2D eigenvalue weighted by Crippen LogP contribution is -2.30. The Hall–Kier alpha value is -0.580. The molecule has 1 fully saturated rings. The van der Waals surface area contributed by atoms with Gasteiger partial charge in [0.05, 0.1) is 0 Å². The minimum atomic E-state index is 0.322. The molecule has 0 aromatic heterocycles. The third-order valence-electron chi connectivity index (χ3n) is 3.24. The molecule has 2 N–H and O–H groups in total. The van der Waals surface area contributed by atoms with Crippen LogP contribution in [0.5, 0.6) is 5.75 Å². The van der Waals surface area contributed by atoms with Gasteiger partial charge < -0.3 is 10.5 Å². The smallest absolute Gasteiger partial charge is 0.119 e. The molecule has 0 saturated carbocycles. The minimum Gasteiger partial charge on any atom is -0.492 e. The summed E-state index contributed by atoms with van der Waals surface area (Å²) in [7, 11) is 0. The largest absolute Gasteiger partial charge is 0.492 e. The lowest BCUT2D eigenvalue weighted by atomic mass is 10.1. The zero-order valence-corrected chi connectivity index (χ0v) is 11.7. The van der Waals surface area contributed by atoms with Gasteiger partial charge in [-0.1, -0.05) is 22.9 Å². The highest BCUT2D eigenvalue weighted by Crippen LogP contribution is 2.17. The molecule has 17 heavy (non-hydrogen) atoms. The van der Waals surface area contributed by atoms with E-state index in [1.807, 2.05) is 24.3 Å². The van der Waals surface area contributed by atoms with Crippen LogP contribution in [0.2, 0.25) is 0 Å². The summed E-state index contributed by atoms with van der Waals surface area (Å²) in [6.45, 7) is 5.96. The van der Waals surface area contributed by atoms with Gasteiger partial charge in [-0.2, -0.15) is 0 Å².